The number of hydrogen-bond acceptors (Lipinski definition) is 3. The highest BCUT2D eigenvalue weighted by Gasteiger charge is 2.23. The van der Waals surface area contributed by atoms with Crippen LogP contribution in [-0.2, 0) is 9.59 Å². The molecule has 18 heavy (non-hydrogen) atoms. The molecule has 0 fully saturated rings. The average molecular weight is 275 g/mol. The number of carboxylic acid groups (broad SMARTS) is 1. The van der Waals surface area contributed by atoms with Crippen molar-refractivity contribution < 1.29 is 14.7 Å². The minimum absolute atomic E-state index is 0.177. The van der Waals surface area contributed by atoms with Crippen molar-refractivity contribution in [3.8, 4) is 0 Å². The summed E-state index contributed by atoms with van der Waals surface area (Å²) in [6, 6.07) is -0.772. The van der Waals surface area contributed by atoms with Crippen LogP contribution in [0.4, 0.5) is 0 Å². The highest BCUT2D eigenvalue weighted by molar-refractivity contribution is 8.00. The summed E-state index contributed by atoms with van der Waals surface area (Å²) in [6.45, 7) is 7.82. The van der Waals surface area contributed by atoms with Gasteiger partial charge >= 0.3 is 5.97 Å². The van der Waals surface area contributed by atoms with E-state index >= 15 is 0 Å². The van der Waals surface area contributed by atoms with Gasteiger partial charge in [-0.25, -0.2) is 4.79 Å². The maximum atomic E-state index is 11.8. The van der Waals surface area contributed by atoms with Crippen LogP contribution in [-0.4, -0.2) is 34.0 Å². The Morgan fingerprint density at radius 1 is 1.28 bits per heavy atom. The third kappa shape index (κ3) is 7.58. The number of aliphatic carboxylic acids is 1. The van der Waals surface area contributed by atoms with Gasteiger partial charge in [0.15, 0.2) is 0 Å². The fourth-order valence-corrected chi connectivity index (χ4v) is 2.49. The summed E-state index contributed by atoms with van der Waals surface area (Å²) in [5.74, 6) is 0.0499. The van der Waals surface area contributed by atoms with Crippen LogP contribution in [0.15, 0.2) is 0 Å². The van der Waals surface area contributed by atoms with Crippen LogP contribution in [0.2, 0.25) is 0 Å². The second kappa shape index (κ2) is 9.25. The molecule has 0 bridgehead atoms. The molecule has 4 nitrogen and oxygen atoms in total. The first-order chi connectivity index (χ1) is 8.38. The summed E-state index contributed by atoms with van der Waals surface area (Å²) in [7, 11) is 0. The number of carboxylic acids is 1. The Morgan fingerprint density at radius 2 is 1.89 bits per heavy atom. The van der Waals surface area contributed by atoms with Crippen LogP contribution < -0.4 is 5.32 Å². The summed E-state index contributed by atoms with van der Waals surface area (Å²) >= 11 is 1.58. The lowest BCUT2D eigenvalue weighted by molar-refractivity contribution is -0.142. The van der Waals surface area contributed by atoms with Gasteiger partial charge in [0, 0.05) is 0 Å². The standard InChI is InChI=1S/C13H25NO3S/c1-5-6-7-18-10(4)12(15)14-11(13(16)17)8-9(2)3/h9-11H,5-8H2,1-4H3,(H,14,15)(H,16,17)/t10?,11-/m0/s1. The van der Waals surface area contributed by atoms with Crippen molar-refractivity contribution in [1.29, 1.82) is 0 Å². The van der Waals surface area contributed by atoms with Gasteiger partial charge in [0.2, 0.25) is 5.91 Å². The number of carbonyl (C=O) groups excluding carboxylic acids is 1. The normalized spacial score (nSPS) is 14.3. The lowest BCUT2D eigenvalue weighted by Crippen LogP contribution is -2.44. The van der Waals surface area contributed by atoms with Gasteiger partial charge in [0.25, 0.3) is 0 Å². The SMILES string of the molecule is CCCCSC(C)C(=O)N[C@@H](CC(C)C)C(=O)O. The van der Waals surface area contributed by atoms with Crippen molar-refractivity contribution in [2.75, 3.05) is 5.75 Å². The second-order valence-electron chi connectivity index (χ2n) is 4.90. The van der Waals surface area contributed by atoms with Crippen molar-refractivity contribution >= 4 is 23.6 Å². The first-order valence-corrected chi connectivity index (χ1v) is 7.58. The van der Waals surface area contributed by atoms with E-state index in [9.17, 15) is 9.59 Å². The van der Waals surface area contributed by atoms with E-state index in [1.807, 2.05) is 20.8 Å². The molecular formula is C13H25NO3S. The predicted molar refractivity (Wildman–Crippen MR) is 75.8 cm³/mol. The van der Waals surface area contributed by atoms with E-state index in [4.69, 9.17) is 5.11 Å². The molecule has 1 unspecified atom stereocenters. The molecule has 0 aliphatic rings. The number of thioether (sulfide) groups is 1. The summed E-state index contributed by atoms with van der Waals surface area (Å²) < 4.78 is 0. The summed E-state index contributed by atoms with van der Waals surface area (Å²) in [5, 5.41) is 11.5. The molecule has 0 aromatic rings. The van der Waals surface area contributed by atoms with E-state index in [1.165, 1.54) is 0 Å². The third-order valence-corrected chi connectivity index (χ3v) is 3.80. The van der Waals surface area contributed by atoms with Crippen molar-refractivity contribution in [1.82, 2.24) is 5.32 Å². The molecule has 0 aliphatic heterocycles. The van der Waals surface area contributed by atoms with Crippen molar-refractivity contribution in [2.24, 2.45) is 5.92 Å². The van der Waals surface area contributed by atoms with E-state index in [1.54, 1.807) is 11.8 Å². The third-order valence-electron chi connectivity index (χ3n) is 2.56. The molecule has 106 valence electrons. The van der Waals surface area contributed by atoms with Crippen LogP contribution >= 0.6 is 11.8 Å². The summed E-state index contributed by atoms with van der Waals surface area (Å²) in [5.41, 5.74) is 0. The summed E-state index contributed by atoms with van der Waals surface area (Å²) in [4.78, 5) is 22.9. The van der Waals surface area contributed by atoms with Crippen LogP contribution in [0.1, 0.15) is 47.0 Å². The lowest BCUT2D eigenvalue weighted by Gasteiger charge is -2.19. The number of amides is 1. The first kappa shape index (κ1) is 17.3. The van der Waals surface area contributed by atoms with Crippen LogP contribution in [0, 0.1) is 5.92 Å². The predicted octanol–water partition coefficient (Wildman–Crippen LogP) is 2.52. The van der Waals surface area contributed by atoms with Gasteiger partial charge in [-0.1, -0.05) is 27.2 Å². The first-order valence-electron chi connectivity index (χ1n) is 6.53. The van der Waals surface area contributed by atoms with Gasteiger partial charge < -0.3 is 10.4 Å². The zero-order valence-electron chi connectivity index (χ0n) is 11.7. The molecule has 0 saturated heterocycles. The van der Waals surface area contributed by atoms with Gasteiger partial charge in [-0.2, -0.15) is 0 Å². The molecule has 1 amide bonds. The quantitative estimate of drug-likeness (QED) is 0.635. The van der Waals surface area contributed by atoms with Crippen molar-refractivity contribution in [3.63, 3.8) is 0 Å². The Labute approximate surface area is 114 Å². The average Bonchev–Trinajstić information content (AvgIpc) is 2.27. The fraction of sp³-hybridized carbons (Fsp3) is 0.846. The van der Waals surface area contributed by atoms with Gasteiger partial charge in [-0.05, 0) is 31.4 Å². The van der Waals surface area contributed by atoms with E-state index in [0.29, 0.717) is 6.42 Å². The van der Waals surface area contributed by atoms with Gasteiger partial charge in [0.05, 0.1) is 5.25 Å². The Kier molecular flexibility index (Phi) is 8.89. The van der Waals surface area contributed by atoms with E-state index < -0.39 is 12.0 Å². The van der Waals surface area contributed by atoms with E-state index in [0.717, 1.165) is 18.6 Å². The molecule has 2 N–H and O–H groups in total. The number of unbranched alkanes of at least 4 members (excludes halogenated alkanes) is 1. The number of carbonyl (C=O) groups is 2. The monoisotopic (exact) mass is 275 g/mol. The molecule has 0 rings (SSSR count). The van der Waals surface area contributed by atoms with Gasteiger partial charge in [-0.3, -0.25) is 4.79 Å². The largest absolute Gasteiger partial charge is 0.480 e. The lowest BCUT2D eigenvalue weighted by atomic mass is 10.0. The minimum atomic E-state index is -0.956. The smallest absolute Gasteiger partial charge is 0.326 e. The molecule has 0 aromatic heterocycles. The van der Waals surface area contributed by atoms with Crippen LogP contribution in [0.3, 0.4) is 0 Å². The Hall–Kier alpha value is -0.710. The minimum Gasteiger partial charge on any atom is -0.480 e. The Balaban J connectivity index is 4.19. The Bertz CT molecular complexity index is 269. The van der Waals surface area contributed by atoms with Crippen LogP contribution in [0.25, 0.3) is 0 Å². The maximum absolute atomic E-state index is 11.8. The summed E-state index contributed by atoms with van der Waals surface area (Å²) in [6.07, 6.45) is 2.65. The van der Waals surface area contributed by atoms with Crippen molar-refractivity contribution in [3.05, 3.63) is 0 Å². The number of nitrogens with one attached hydrogen (secondary N) is 1. The highest BCUT2D eigenvalue weighted by atomic mass is 32.2. The molecular weight excluding hydrogens is 250 g/mol. The van der Waals surface area contributed by atoms with E-state index in [-0.39, 0.29) is 17.1 Å². The number of rotatable bonds is 9. The second-order valence-corrected chi connectivity index (χ2v) is 6.34. The topological polar surface area (TPSA) is 66.4 Å². The Morgan fingerprint density at radius 3 is 2.33 bits per heavy atom. The molecule has 0 heterocycles. The molecule has 0 saturated carbocycles. The van der Waals surface area contributed by atoms with Gasteiger partial charge in [0.1, 0.15) is 6.04 Å². The maximum Gasteiger partial charge on any atom is 0.326 e. The van der Waals surface area contributed by atoms with Crippen LogP contribution in [0.5, 0.6) is 0 Å². The highest BCUT2D eigenvalue weighted by Crippen LogP contribution is 2.14. The van der Waals surface area contributed by atoms with Gasteiger partial charge in [-0.15, -0.1) is 11.8 Å². The fourth-order valence-electron chi connectivity index (χ4n) is 1.46. The molecule has 2 atom stereocenters. The molecule has 0 radical (unpaired) electrons. The zero-order chi connectivity index (χ0) is 14.1. The molecule has 5 heteroatoms. The van der Waals surface area contributed by atoms with E-state index in [2.05, 4.69) is 12.2 Å². The van der Waals surface area contributed by atoms with Crippen molar-refractivity contribution in [2.45, 2.75) is 58.2 Å². The molecule has 0 aromatic carbocycles. The zero-order valence-corrected chi connectivity index (χ0v) is 12.5. The number of hydrogen-bond donors (Lipinski definition) is 2. The molecule has 0 spiro atoms. The molecule has 0 aliphatic carbocycles.